The zero-order valence-corrected chi connectivity index (χ0v) is 28.3. The standard InChI is InChI=1S/C36H52O13/c1-17-26(39)31(49-32-29(42)28(41)27(40)24(15-37)48-32)30(43)33(46-17)47-20-8-11-34(2)19(14-20)5-6-23-22(34)9-12-35(3)21(10-13-36(23,35)44)18-4-7-25(38)45-16-18/h4,7,14,16-17,20-24,26-33,37,39-44H,5-6,8-13,15H2,1-3H3/t17-,20-,21+,22+,23-,24+,26-,27+,28-,29+,30+,31+,32-,33+,34-,35-,36-/m1/s1. The number of rotatable bonds is 6. The molecule has 2 aliphatic heterocycles. The Balaban J connectivity index is 1.05. The van der Waals surface area contributed by atoms with Gasteiger partial charge in [0.25, 0.3) is 0 Å². The summed E-state index contributed by atoms with van der Waals surface area (Å²) in [6, 6.07) is 3.32. The molecule has 3 saturated carbocycles. The Morgan fingerprint density at radius 2 is 1.59 bits per heavy atom. The van der Waals surface area contributed by atoms with Crippen molar-refractivity contribution in [2.45, 2.75) is 151 Å². The Labute approximate surface area is 285 Å². The van der Waals surface area contributed by atoms with Crippen LogP contribution in [0.15, 0.2) is 39.3 Å². The average Bonchev–Trinajstić information content (AvgIpc) is 3.36. The molecule has 6 aliphatic rings. The molecule has 0 amide bonds. The lowest BCUT2D eigenvalue weighted by atomic mass is 9.45. The van der Waals surface area contributed by atoms with Crippen molar-refractivity contribution in [1.82, 2.24) is 0 Å². The Kier molecular flexibility index (Phi) is 9.48. The van der Waals surface area contributed by atoms with Crippen molar-refractivity contribution in [1.29, 1.82) is 0 Å². The van der Waals surface area contributed by atoms with E-state index in [1.54, 1.807) is 13.2 Å². The normalized spacial score (nSPS) is 51.3. The third-order valence-corrected chi connectivity index (χ3v) is 13.6. The molecule has 0 unspecified atom stereocenters. The van der Waals surface area contributed by atoms with Gasteiger partial charge in [-0.05, 0) is 93.1 Å². The zero-order valence-electron chi connectivity index (χ0n) is 28.3. The Morgan fingerprint density at radius 1 is 0.837 bits per heavy atom. The molecule has 13 heteroatoms. The first-order valence-electron chi connectivity index (χ1n) is 17.9. The maximum absolute atomic E-state index is 12.5. The number of fused-ring (bicyclic) bond motifs is 5. The molecule has 5 fully saturated rings. The van der Waals surface area contributed by atoms with Crippen molar-refractivity contribution in [2.75, 3.05) is 6.61 Å². The second kappa shape index (κ2) is 13.0. The van der Waals surface area contributed by atoms with Gasteiger partial charge in [-0.15, -0.1) is 0 Å². The molecule has 7 N–H and O–H groups in total. The van der Waals surface area contributed by atoms with Gasteiger partial charge < -0.3 is 59.1 Å². The van der Waals surface area contributed by atoms with Crippen LogP contribution in [-0.2, 0) is 18.9 Å². The fourth-order valence-electron chi connectivity index (χ4n) is 10.7. The van der Waals surface area contributed by atoms with Crippen molar-refractivity contribution in [3.8, 4) is 0 Å². The van der Waals surface area contributed by atoms with Crippen LogP contribution in [0, 0.1) is 22.7 Å². The molecule has 7 rings (SSSR count). The minimum atomic E-state index is -1.70. The topological polar surface area (TPSA) is 209 Å². The summed E-state index contributed by atoms with van der Waals surface area (Å²) < 4.78 is 28.7. The van der Waals surface area contributed by atoms with Crippen molar-refractivity contribution in [3.05, 3.63) is 46.0 Å². The highest BCUT2D eigenvalue weighted by atomic mass is 16.7. The lowest BCUT2D eigenvalue weighted by Crippen LogP contribution is -2.64. The fraction of sp³-hybridized carbons (Fsp3) is 0.806. The van der Waals surface area contributed by atoms with Crippen LogP contribution < -0.4 is 5.63 Å². The highest BCUT2D eigenvalue weighted by Gasteiger charge is 2.67. The second-order valence-corrected chi connectivity index (χ2v) is 15.9. The van der Waals surface area contributed by atoms with Crippen LogP contribution in [0.4, 0.5) is 0 Å². The van der Waals surface area contributed by atoms with Crippen molar-refractivity contribution in [2.24, 2.45) is 22.7 Å². The minimum Gasteiger partial charge on any atom is -0.431 e. The molecule has 2 saturated heterocycles. The summed E-state index contributed by atoms with van der Waals surface area (Å²) in [5, 5.41) is 75.1. The van der Waals surface area contributed by atoms with Crippen LogP contribution in [0.3, 0.4) is 0 Å². The number of aliphatic hydroxyl groups is 7. The summed E-state index contributed by atoms with van der Waals surface area (Å²) in [6.07, 6.45) is -3.95. The van der Waals surface area contributed by atoms with E-state index in [9.17, 15) is 40.5 Å². The van der Waals surface area contributed by atoms with Crippen LogP contribution >= 0.6 is 0 Å². The third kappa shape index (κ3) is 5.68. The number of hydrogen-bond donors (Lipinski definition) is 7. The van der Waals surface area contributed by atoms with Gasteiger partial charge in [0.05, 0.1) is 30.7 Å². The lowest BCUT2D eigenvalue weighted by molar-refractivity contribution is -0.359. The summed E-state index contributed by atoms with van der Waals surface area (Å²) in [6.45, 7) is 5.49. The lowest BCUT2D eigenvalue weighted by Gasteiger charge is -2.62. The van der Waals surface area contributed by atoms with E-state index < -0.39 is 73.6 Å². The predicted octanol–water partition coefficient (Wildman–Crippen LogP) is 0.838. The molecule has 0 spiro atoms. The summed E-state index contributed by atoms with van der Waals surface area (Å²) >= 11 is 0. The molecule has 0 radical (unpaired) electrons. The van der Waals surface area contributed by atoms with Gasteiger partial charge in [0.1, 0.15) is 42.7 Å². The number of ether oxygens (including phenoxy) is 4. The smallest absolute Gasteiger partial charge is 0.335 e. The second-order valence-electron chi connectivity index (χ2n) is 15.9. The van der Waals surface area contributed by atoms with Crippen LogP contribution in [0.1, 0.15) is 83.6 Å². The van der Waals surface area contributed by atoms with Crippen LogP contribution in [-0.4, -0.2) is 115 Å². The highest BCUT2D eigenvalue weighted by molar-refractivity contribution is 5.31. The van der Waals surface area contributed by atoms with Crippen LogP contribution in [0.2, 0.25) is 0 Å². The molecule has 4 aliphatic carbocycles. The maximum Gasteiger partial charge on any atom is 0.335 e. The number of hydrogen-bond acceptors (Lipinski definition) is 13. The van der Waals surface area contributed by atoms with Gasteiger partial charge in [0, 0.05) is 11.5 Å². The van der Waals surface area contributed by atoms with E-state index in [2.05, 4.69) is 19.9 Å². The molecular weight excluding hydrogens is 640 g/mol. The SMILES string of the molecule is C[C@H]1O[C@@H](O[C@H]2C=C3CC[C@@H]4[C@H](CC[C@]5(C)[C@H](c6ccc(=O)oc6)CC[C@@]45O)[C@]3(C)CC2)[C@@H](O)[C@@H](O[C@H]2O[C@@H](CO)[C@H](O)[C@@H](O)[C@@H]2O)[C@@H]1O. The van der Waals surface area contributed by atoms with E-state index in [1.807, 2.05) is 6.07 Å². The highest BCUT2D eigenvalue weighted by Crippen LogP contribution is 2.70. The molecule has 0 bridgehead atoms. The fourth-order valence-corrected chi connectivity index (χ4v) is 10.7. The third-order valence-electron chi connectivity index (χ3n) is 13.6. The van der Waals surface area contributed by atoms with E-state index >= 15 is 0 Å². The molecule has 49 heavy (non-hydrogen) atoms. The summed E-state index contributed by atoms with van der Waals surface area (Å²) in [4.78, 5) is 11.6. The summed E-state index contributed by atoms with van der Waals surface area (Å²) in [5.74, 6) is 0.549. The van der Waals surface area contributed by atoms with E-state index in [-0.39, 0.29) is 34.4 Å². The number of allylic oxidation sites excluding steroid dienone is 1. The number of aliphatic hydroxyl groups excluding tert-OH is 6. The Bertz CT molecular complexity index is 1430. The van der Waals surface area contributed by atoms with E-state index in [4.69, 9.17) is 23.4 Å². The predicted molar refractivity (Wildman–Crippen MR) is 171 cm³/mol. The molecule has 17 atom stereocenters. The minimum absolute atomic E-state index is 0.119. The van der Waals surface area contributed by atoms with Gasteiger partial charge in [-0.25, -0.2) is 4.79 Å². The van der Waals surface area contributed by atoms with Crippen molar-refractivity contribution < 1.29 is 59.1 Å². The van der Waals surface area contributed by atoms with Crippen molar-refractivity contribution >= 4 is 0 Å². The Hall–Kier alpha value is -1.75. The first kappa shape index (κ1) is 35.6. The quantitative estimate of drug-likeness (QED) is 0.207. The molecule has 0 aromatic carbocycles. The summed E-state index contributed by atoms with van der Waals surface area (Å²) in [7, 11) is 0. The molecular formula is C36H52O13. The Morgan fingerprint density at radius 3 is 2.31 bits per heavy atom. The van der Waals surface area contributed by atoms with Gasteiger partial charge in [-0.3, -0.25) is 0 Å². The molecule has 274 valence electrons. The molecule has 1 aromatic rings. The first-order valence-corrected chi connectivity index (χ1v) is 17.9. The maximum atomic E-state index is 12.5. The van der Waals surface area contributed by atoms with Gasteiger partial charge >= 0.3 is 5.63 Å². The largest absolute Gasteiger partial charge is 0.431 e. The average molecular weight is 693 g/mol. The molecule has 3 heterocycles. The van der Waals surface area contributed by atoms with Crippen LogP contribution in [0.25, 0.3) is 0 Å². The van der Waals surface area contributed by atoms with Crippen LogP contribution in [0.5, 0.6) is 0 Å². The molecule has 1 aromatic heterocycles. The van der Waals surface area contributed by atoms with E-state index in [1.165, 1.54) is 11.6 Å². The van der Waals surface area contributed by atoms with Gasteiger partial charge in [-0.2, -0.15) is 0 Å². The first-order chi connectivity index (χ1) is 23.2. The van der Waals surface area contributed by atoms with E-state index in [0.29, 0.717) is 18.8 Å². The summed E-state index contributed by atoms with van der Waals surface area (Å²) in [5.41, 5.74) is 0.613. The van der Waals surface area contributed by atoms with Gasteiger partial charge in [0.15, 0.2) is 12.6 Å². The monoisotopic (exact) mass is 692 g/mol. The van der Waals surface area contributed by atoms with E-state index in [0.717, 1.165) is 44.1 Å². The van der Waals surface area contributed by atoms with Gasteiger partial charge in [-0.1, -0.05) is 25.5 Å². The zero-order chi connectivity index (χ0) is 35.0. The van der Waals surface area contributed by atoms with Gasteiger partial charge in [0.2, 0.25) is 0 Å². The van der Waals surface area contributed by atoms with Crippen molar-refractivity contribution in [3.63, 3.8) is 0 Å². The molecule has 13 nitrogen and oxygen atoms in total.